The highest BCUT2D eigenvalue weighted by Crippen LogP contribution is 2.19. The van der Waals surface area contributed by atoms with Crippen molar-refractivity contribution < 1.29 is 9.53 Å². The van der Waals surface area contributed by atoms with Crippen molar-refractivity contribution in [3.63, 3.8) is 0 Å². The lowest BCUT2D eigenvalue weighted by molar-refractivity contribution is -0.144. The predicted molar refractivity (Wildman–Crippen MR) is 77.8 cm³/mol. The molecule has 0 N–H and O–H groups in total. The second-order valence-corrected chi connectivity index (χ2v) is 4.94. The molecule has 0 spiro atoms. The van der Waals surface area contributed by atoms with Crippen LogP contribution in [0.3, 0.4) is 0 Å². The summed E-state index contributed by atoms with van der Waals surface area (Å²) in [5.74, 6) is -0.00993. The fourth-order valence-electron chi connectivity index (χ4n) is 2.18. The largest absolute Gasteiger partial charge is 0.469 e. The average molecular weight is 263 g/mol. The third kappa shape index (κ3) is 5.43. The third-order valence-corrected chi connectivity index (χ3v) is 3.06. The number of carbonyl (C=O) groups excluding carboxylic acids is 1. The quantitative estimate of drug-likeness (QED) is 0.785. The Morgan fingerprint density at radius 2 is 1.95 bits per heavy atom. The van der Waals surface area contributed by atoms with Crippen molar-refractivity contribution in [1.82, 2.24) is 4.90 Å². The van der Waals surface area contributed by atoms with Crippen LogP contribution in [0.1, 0.15) is 32.3 Å². The summed E-state index contributed by atoms with van der Waals surface area (Å²) in [6.45, 7) is 6.98. The Morgan fingerprint density at radius 3 is 2.53 bits per heavy atom. The minimum absolute atomic E-state index is 0.0636. The Labute approximate surface area is 116 Å². The van der Waals surface area contributed by atoms with E-state index in [9.17, 15) is 4.79 Å². The zero-order chi connectivity index (χ0) is 14.1. The number of carbonyl (C=O) groups is 1. The molecule has 19 heavy (non-hydrogen) atoms. The van der Waals surface area contributed by atoms with E-state index in [4.69, 9.17) is 4.74 Å². The molecule has 1 fully saturated rings. The fraction of sp³-hybridized carbons (Fsp3) is 0.562. The molecule has 3 heteroatoms. The van der Waals surface area contributed by atoms with Gasteiger partial charge in [-0.2, -0.15) is 0 Å². The Balaban J connectivity index is 0.000000550. The molecule has 1 aliphatic heterocycles. The third-order valence-electron chi connectivity index (χ3n) is 3.06. The number of hydrogen-bond acceptors (Lipinski definition) is 3. The van der Waals surface area contributed by atoms with Crippen LogP contribution >= 0.6 is 0 Å². The lowest BCUT2D eigenvalue weighted by atomic mass is 10.1. The zero-order valence-electron chi connectivity index (χ0n) is 12.3. The summed E-state index contributed by atoms with van der Waals surface area (Å²) < 4.78 is 4.77. The molecule has 1 atom stereocenters. The van der Waals surface area contributed by atoms with Crippen molar-refractivity contribution in [1.29, 1.82) is 0 Å². The first-order valence-electron chi connectivity index (χ1n) is 7.05. The molecule has 0 bridgehead atoms. The normalized spacial score (nSPS) is 18.6. The number of esters is 1. The monoisotopic (exact) mass is 263 g/mol. The number of ether oxygens (including phenoxy) is 1. The van der Waals surface area contributed by atoms with Gasteiger partial charge in [-0.1, -0.05) is 50.6 Å². The van der Waals surface area contributed by atoms with Crippen molar-refractivity contribution >= 4 is 5.97 Å². The van der Waals surface area contributed by atoms with Crippen molar-refractivity contribution in [2.45, 2.75) is 33.2 Å². The number of rotatable bonds is 3. The van der Waals surface area contributed by atoms with Gasteiger partial charge >= 0.3 is 5.97 Å². The van der Waals surface area contributed by atoms with Crippen LogP contribution in [0, 0.1) is 5.92 Å². The highest BCUT2D eigenvalue weighted by atomic mass is 16.5. The van der Waals surface area contributed by atoms with E-state index in [1.54, 1.807) is 0 Å². The first kappa shape index (κ1) is 15.7. The molecular formula is C16H25NO2. The number of hydrogen-bond donors (Lipinski definition) is 0. The smallest absolute Gasteiger partial charge is 0.310 e. The maximum Gasteiger partial charge on any atom is 0.310 e. The topological polar surface area (TPSA) is 29.5 Å². The predicted octanol–water partition coefficient (Wildman–Crippen LogP) is 3.10. The van der Waals surface area contributed by atoms with Gasteiger partial charge in [0.1, 0.15) is 0 Å². The summed E-state index contributed by atoms with van der Waals surface area (Å²) in [6, 6.07) is 10.3. The molecule has 1 unspecified atom stereocenters. The Bertz CT molecular complexity index is 364. The van der Waals surface area contributed by atoms with Gasteiger partial charge in [-0.25, -0.2) is 0 Å². The Hall–Kier alpha value is -1.35. The van der Waals surface area contributed by atoms with Gasteiger partial charge in [-0.3, -0.25) is 9.69 Å². The summed E-state index contributed by atoms with van der Waals surface area (Å²) in [4.78, 5) is 13.7. The van der Waals surface area contributed by atoms with E-state index in [-0.39, 0.29) is 11.9 Å². The molecule has 3 nitrogen and oxygen atoms in total. The van der Waals surface area contributed by atoms with Crippen LogP contribution in [0.4, 0.5) is 0 Å². The first-order valence-corrected chi connectivity index (χ1v) is 7.05. The minimum atomic E-state index is -0.0736. The lowest BCUT2D eigenvalue weighted by Crippen LogP contribution is -2.23. The van der Waals surface area contributed by atoms with Gasteiger partial charge in [-0.05, 0) is 18.5 Å². The average Bonchev–Trinajstić information content (AvgIpc) is 2.88. The molecule has 1 heterocycles. The van der Waals surface area contributed by atoms with E-state index >= 15 is 0 Å². The van der Waals surface area contributed by atoms with Gasteiger partial charge in [0, 0.05) is 13.1 Å². The Morgan fingerprint density at radius 1 is 1.32 bits per heavy atom. The van der Waals surface area contributed by atoms with Crippen LogP contribution in [-0.2, 0) is 16.1 Å². The van der Waals surface area contributed by atoms with Crippen molar-refractivity contribution in [3.8, 4) is 0 Å². The second kappa shape index (κ2) is 8.70. The van der Waals surface area contributed by atoms with Gasteiger partial charge in [0.25, 0.3) is 0 Å². The standard InChI is InChI=1S/C13H17NO2.C3H8/c1-16-13(15)12-7-8-14(10-12)9-11-5-3-2-4-6-11;1-3-2/h2-6,12H,7-10H2,1H3;3H2,1-2H3. The summed E-state index contributed by atoms with van der Waals surface area (Å²) in [5.41, 5.74) is 1.30. The molecule has 1 aliphatic rings. The van der Waals surface area contributed by atoms with Crippen LogP contribution in [-0.4, -0.2) is 31.1 Å². The van der Waals surface area contributed by atoms with E-state index in [0.29, 0.717) is 0 Å². The SMILES string of the molecule is CCC.COC(=O)C1CCN(Cc2ccccc2)C1. The van der Waals surface area contributed by atoms with Gasteiger partial charge < -0.3 is 4.74 Å². The molecule has 1 aromatic rings. The van der Waals surface area contributed by atoms with Crippen LogP contribution < -0.4 is 0 Å². The highest BCUT2D eigenvalue weighted by Gasteiger charge is 2.28. The van der Waals surface area contributed by atoms with E-state index in [0.717, 1.165) is 26.1 Å². The maximum atomic E-state index is 11.4. The zero-order valence-corrected chi connectivity index (χ0v) is 12.3. The first-order chi connectivity index (χ1) is 9.21. The van der Waals surface area contributed by atoms with Crippen LogP contribution in [0.5, 0.6) is 0 Å². The maximum absolute atomic E-state index is 11.4. The number of benzene rings is 1. The fourth-order valence-corrected chi connectivity index (χ4v) is 2.18. The minimum Gasteiger partial charge on any atom is -0.469 e. The van der Waals surface area contributed by atoms with Crippen molar-refractivity contribution in [2.75, 3.05) is 20.2 Å². The molecule has 0 amide bonds. The number of likely N-dealkylation sites (tertiary alicyclic amines) is 1. The molecule has 106 valence electrons. The van der Waals surface area contributed by atoms with Crippen LogP contribution in [0.25, 0.3) is 0 Å². The lowest BCUT2D eigenvalue weighted by Gasteiger charge is -2.15. The van der Waals surface area contributed by atoms with Gasteiger partial charge in [-0.15, -0.1) is 0 Å². The number of nitrogens with zero attached hydrogens (tertiary/aromatic N) is 1. The summed E-state index contributed by atoms with van der Waals surface area (Å²) in [6.07, 6.45) is 2.17. The van der Waals surface area contributed by atoms with E-state index in [1.165, 1.54) is 19.1 Å². The van der Waals surface area contributed by atoms with Crippen LogP contribution in [0.2, 0.25) is 0 Å². The van der Waals surface area contributed by atoms with Gasteiger partial charge in [0.2, 0.25) is 0 Å². The van der Waals surface area contributed by atoms with Crippen LogP contribution in [0.15, 0.2) is 30.3 Å². The molecule has 1 aromatic carbocycles. The molecular weight excluding hydrogens is 238 g/mol. The summed E-state index contributed by atoms with van der Waals surface area (Å²) in [5, 5.41) is 0. The molecule has 0 aromatic heterocycles. The molecule has 2 rings (SSSR count). The highest BCUT2D eigenvalue weighted by molar-refractivity contribution is 5.72. The Kier molecular flexibility index (Phi) is 7.19. The van der Waals surface area contributed by atoms with Gasteiger partial charge in [0.15, 0.2) is 0 Å². The number of methoxy groups -OCH3 is 1. The molecule has 1 saturated heterocycles. The van der Waals surface area contributed by atoms with Crippen molar-refractivity contribution in [2.24, 2.45) is 5.92 Å². The molecule has 0 aliphatic carbocycles. The molecule has 0 saturated carbocycles. The van der Waals surface area contributed by atoms with Crippen molar-refractivity contribution in [3.05, 3.63) is 35.9 Å². The summed E-state index contributed by atoms with van der Waals surface area (Å²) in [7, 11) is 1.46. The second-order valence-electron chi connectivity index (χ2n) is 4.94. The van der Waals surface area contributed by atoms with Gasteiger partial charge in [0.05, 0.1) is 13.0 Å². The summed E-state index contributed by atoms with van der Waals surface area (Å²) >= 11 is 0. The van der Waals surface area contributed by atoms with E-state index < -0.39 is 0 Å². The van der Waals surface area contributed by atoms with E-state index in [1.807, 2.05) is 18.2 Å². The molecule has 0 radical (unpaired) electrons. The van der Waals surface area contributed by atoms with E-state index in [2.05, 4.69) is 30.9 Å².